The number of hydrogen-bond donors (Lipinski definition) is 6. The maximum Gasteiger partial charge on any atom is 2.00 e. The molecule has 0 bridgehead atoms. The summed E-state index contributed by atoms with van der Waals surface area (Å²) in [5, 5.41) is 59.4. The maximum atomic E-state index is 9.58. The third-order valence-corrected chi connectivity index (χ3v) is 20.2. The fraction of sp³-hybridized carbons (Fsp3) is 0.0331. The first kappa shape index (κ1) is 119. The zero-order valence-electron chi connectivity index (χ0n) is 75.6. The van der Waals surface area contributed by atoms with Crippen molar-refractivity contribution in [3.63, 3.8) is 0 Å². The van der Waals surface area contributed by atoms with Crippen molar-refractivity contribution in [1.29, 1.82) is 0 Å². The van der Waals surface area contributed by atoms with Crippen LogP contribution in [0.5, 0.6) is 28.7 Å². The SMILES string of the molecule is Oc1ccc2ccccc2c1O.Oc1cccc2c1C(O)CCC2.Oc1cccc2cccc(O)c12.[CH2-]c1[c-]cccc1.[Pt+2].[Pt+2].[Pt+2].[Pt].[Pt].[Pt].[S-]c1ccccc1[S-].[c-]1ccccc1-c1[c-]cccc1.[c-]1ccccc1-c1ccccn1.[c-]1ccccc1-c1ccccn1.[c-]1ccccc1-c1ccccn1.[c-]1ccccc1-c1ccccn1.[c-]1ccccc1-c1ccccn1.[c-]1ccccc1-c1ccccn1. The van der Waals surface area contributed by atoms with Crippen LogP contribution in [0.3, 0.4) is 0 Å². The molecular weight excluding hydrogens is 2870 g/mol. The van der Waals surface area contributed by atoms with E-state index < -0.39 is 6.10 Å². The number of aromatic nitrogens is 6. The Balaban J connectivity index is 0.000000271. The molecule has 1 unspecified atom stereocenters. The van der Waals surface area contributed by atoms with Crippen LogP contribution >= 0.6 is 0 Å². The third-order valence-electron chi connectivity index (χ3n) is 19.4. The van der Waals surface area contributed by atoms with Crippen molar-refractivity contribution >= 4 is 46.8 Å². The van der Waals surface area contributed by atoms with Gasteiger partial charge in [0.2, 0.25) is 0 Å². The van der Waals surface area contributed by atoms with E-state index in [1.54, 1.807) is 79.6 Å². The average Bonchev–Trinajstić information content (AvgIpc) is 0.827. The summed E-state index contributed by atoms with van der Waals surface area (Å²) in [5.74, 6) is 0.345. The average molecular weight is 2960 g/mol. The van der Waals surface area contributed by atoms with Gasteiger partial charge in [-0.3, -0.25) is 6.07 Å². The first-order chi connectivity index (χ1) is 66.3. The van der Waals surface area contributed by atoms with Crippen LogP contribution in [-0.4, -0.2) is 60.5 Å². The molecule has 0 saturated carbocycles. The molecule has 6 N–H and O–H groups in total. The molecule has 21 aromatic rings. The fourth-order valence-corrected chi connectivity index (χ4v) is 13.1. The quantitative estimate of drug-likeness (QED) is 0.0500. The summed E-state index contributed by atoms with van der Waals surface area (Å²) in [4.78, 5) is 26.8. The van der Waals surface area contributed by atoms with Gasteiger partial charge in [-0.2, -0.15) is 70.5 Å². The van der Waals surface area contributed by atoms with E-state index >= 15 is 0 Å². The summed E-state index contributed by atoms with van der Waals surface area (Å²) < 4.78 is 0. The molecule has 12 nitrogen and oxygen atoms in total. The van der Waals surface area contributed by atoms with Gasteiger partial charge in [-0.1, -0.05) is 164 Å². The van der Waals surface area contributed by atoms with Crippen molar-refractivity contribution in [3.05, 3.63) is 558 Å². The molecule has 0 aliphatic heterocycles. The molecule has 1 atom stereocenters. The van der Waals surface area contributed by atoms with Gasteiger partial charge in [-0.05, 0) is 130 Å². The van der Waals surface area contributed by atoms with Crippen LogP contribution in [0.1, 0.15) is 35.6 Å². The number of phenolic OH excluding ortho intramolecular Hbond substituents is 5. The monoisotopic (exact) mass is 2960 g/mol. The zero-order valence-corrected chi connectivity index (χ0v) is 90.9. The van der Waals surface area contributed by atoms with E-state index in [0.29, 0.717) is 10.8 Å². The number of fused-ring (bicyclic) bond motifs is 3. The van der Waals surface area contributed by atoms with Gasteiger partial charge in [0, 0.05) is 111 Å². The van der Waals surface area contributed by atoms with Gasteiger partial charge in [-0.15, -0.1) is 234 Å². The Hall–Kier alpha value is -12.9. The van der Waals surface area contributed by atoms with E-state index in [4.69, 9.17) is 30.4 Å². The molecule has 141 heavy (non-hydrogen) atoms. The molecule has 0 fully saturated rings. The number of aliphatic hydroxyl groups excluding tert-OH is 1. The Morgan fingerprint density at radius 2 is 0.525 bits per heavy atom. The molecule has 0 spiro atoms. The second-order valence-electron chi connectivity index (χ2n) is 28.9. The smallest absolute Gasteiger partial charge is 0.781 e. The summed E-state index contributed by atoms with van der Waals surface area (Å²) in [6.45, 7) is 3.66. The molecule has 1 aliphatic rings. The van der Waals surface area contributed by atoms with Crippen molar-refractivity contribution in [1.82, 2.24) is 29.9 Å². The maximum absolute atomic E-state index is 9.58. The molecule has 6 heterocycles. The van der Waals surface area contributed by atoms with Gasteiger partial charge < -0.3 is 104 Å². The van der Waals surface area contributed by atoms with Crippen LogP contribution in [0.4, 0.5) is 0 Å². The number of rotatable bonds is 7. The Morgan fingerprint density at radius 3 is 0.787 bits per heavy atom. The number of pyridine rings is 6. The standard InChI is InChI=1S/C12H8.6C11H8N.C10H12O2.2C10H8O2.C7H6.C6H6S2.6Pt/c1-3-7-11(8-4-1)12-9-5-2-6-10-12;6*1-2-6-10(7-3-1)11-8-4-5-9-12-11;2*11-8-5-1-3-7-4-2-6-9(12)10(7)8;11-9-6-5-7-3-1-2-4-8(7)10(9)12;1-7-5-3-2-4-6-7;7-5-3-1-2-4-6(5)8;;;;;;/h1-7,9H;6*1-6,8-9H;1,3,5,9,11-12H,2,4,6H2;2*1-6,11-12H;2-5H,1H2;1-4,7-8H;;;;;;/q-2;6*-1;;;;-2;;;;;3*+2/p-2. The Labute approximate surface area is 924 Å². The Morgan fingerprint density at radius 1 is 0.255 bits per heavy atom. The van der Waals surface area contributed by atoms with Crippen LogP contribution in [0.15, 0.2) is 490 Å². The van der Waals surface area contributed by atoms with Gasteiger partial charge in [0.25, 0.3) is 0 Å². The Kier molecular flexibility index (Phi) is 58.1. The van der Waals surface area contributed by atoms with Gasteiger partial charge in [0.05, 0.1) is 11.5 Å². The number of benzene rings is 15. The molecular formula is C121H94N6O6Pt6S2-6. The molecule has 0 radical (unpaired) electrons. The van der Waals surface area contributed by atoms with Crippen molar-refractivity contribution in [3.8, 4) is 107 Å². The van der Waals surface area contributed by atoms with Gasteiger partial charge in [0.1, 0.15) is 17.2 Å². The van der Waals surface area contributed by atoms with E-state index in [-0.39, 0.29) is 155 Å². The number of aryl methyl sites for hydroxylation is 1. The van der Waals surface area contributed by atoms with Crippen molar-refractivity contribution in [2.45, 2.75) is 35.2 Å². The first-order valence-electron chi connectivity index (χ1n) is 43.1. The predicted octanol–water partition coefficient (Wildman–Crippen LogP) is 27.7. The molecule has 0 amide bonds. The molecule has 6 aromatic heterocycles. The van der Waals surface area contributed by atoms with Crippen molar-refractivity contribution in [2.75, 3.05) is 0 Å². The van der Waals surface area contributed by atoms with Crippen LogP contribution in [0.25, 0.3) is 100 Å². The van der Waals surface area contributed by atoms with Crippen molar-refractivity contribution < 1.29 is 157 Å². The largest absolute Gasteiger partial charge is 2.00 e. The Bertz CT molecular complexity index is 5790. The van der Waals surface area contributed by atoms with Crippen LogP contribution in [-0.2, 0) is 158 Å². The second kappa shape index (κ2) is 69.1. The summed E-state index contributed by atoms with van der Waals surface area (Å²) in [6.07, 6.45) is 13.0. The minimum atomic E-state index is -0.463. The van der Waals surface area contributed by atoms with E-state index in [0.717, 1.165) is 135 Å². The molecule has 1 aliphatic carbocycles. The number of phenols is 5. The normalized spacial score (nSPS) is 10.3. The van der Waals surface area contributed by atoms with Crippen LogP contribution < -0.4 is 0 Å². The topological polar surface area (TPSA) is 199 Å². The molecule has 20 heteroatoms. The van der Waals surface area contributed by atoms with Gasteiger partial charge in [0.15, 0.2) is 11.5 Å². The summed E-state index contributed by atoms with van der Waals surface area (Å²) >= 11 is 9.70. The molecule has 722 valence electrons. The number of aromatic hydroxyl groups is 5. The summed E-state index contributed by atoms with van der Waals surface area (Å²) in [6, 6.07) is 167. The van der Waals surface area contributed by atoms with E-state index in [1.807, 2.05) is 394 Å². The molecule has 22 rings (SSSR count). The first-order valence-corrected chi connectivity index (χ1v) is 43.9. The van der Waals surface area contributed by atoms with Crippen LogP contribution in [0.2, 0.25) is 0 Å². The van der Waals surface area contributed by atoms with E-state index in [2.05, 4.69) is 91.4 Å². The van der Waals surface area contributed by atoms with E-state index in [9.17, 15) is 25.5 Å². The minimum absolute atomic E-state index is 0. The summed E-state index contributed by atoms with van der Waals surface area (Å²) in [7, 11) is 0. The molecule has 15 aromatic carbocycles. The number of aliphatic hydroxyl groups is 1. The van der Waals surface area contributed by atoms with Crippen molar-refractivity contribution in [2.24, 2.45) is 0 Å². The van der Waals surface area contributed by atoms with E-state index in [1.165, 1.54) is 6.07 Å². The second-order valence-corrected chi connectivity index (χ2v) is 29.8. The minimum Gasteiger partial charge on any atom is -0.781 e. The number of nitrogens with zero attached hydrogens (tertiary/aromatic N) is 6. The predicted molar refractivity (Wildman–Crippen MR) is 549 cm³/mol. The molecule has 0 saturated heterocycles. The zero-order chi connectivity index (χ0) is 94.3. The summed E-state index contributed by atoms with van der Waals surface area (Å²) in [5.41, 5.74) is 17.0. The van der Waals surface area contributed by atoms with Crippen LogP contribution in [0, 0.1) is 61.5 Å². The van der Waals surface area contributed by atoms with Gasteiger partial charge >= 0.3 is 63.2 Å². The number of hydrogen-bond acceptors (Lipinski definition) is 14. The third kappa shape index (κ3) is 41.8. The fourth-order valence-electron chi connectivity index (χ4n) is 12.8. The van der Waals surface area contributed by atoms with Gasteiger partial charge in [-0.25, -0.2) is 11.1 Å².